The highest BCUT2D eigenvalue weighted by molar-refractivity contribution is 5.68. The molecule has 3 aliphatic rings. The minimum Gasteiger partial charge on any atom is -0.444 e. The molecule has 1 amide bonds. The zero-order chi connectivity index (χ0) is 11.8. The molecule has 0 aliphatic carbocycles. The number of nitrogens with zero attached hydrogens (tertiary/aromatic N) is 1. The highest BCUT2D eigenvalue weighted by atomic mass is 16.6. The van der Waals surface area contributed by atoms with Gasteiger partial charge in [-0.1, -0.05) is 0 Å². The molecule has 1 N–H and O–H groups in total. The summed E-state index contributed by atoms with van der Waals surface area (Å²) in [6.07, 6.45) is 3.19. The number of amides is 1. The van der Waals surface area contributed by atoms with Gasteiger partial charge in [0.25, 0.3) is 0 Å². The molecule has 0 aromatic heterocycles. The Morgan fingerprint density at radius 2 is 2.06 bits per heavy atom. The molecule has 0 aromatic carbocycles. The Balaban J connectivity index is 2.00. The molecule has 2 atom stereocenters. The summed E-state index contributed by atoms with van der Waals surface area (Å²) in [6, 6.07) is 0.928. The van der Waals surface area contributed by atoms with Gasteiger partial charge in [-0.3, -0.25) is 0 Å². The number of fused-ring (bicyclic) bond motifs is 4. The molecule has 0 spiro atoms. The third-order valence-electron chi connectivity index (χ3n) is 3.28. The first-order valence-electron chi connectivity index (χ1n) is 6.19. The van der Waals surface area contributed by atoms with E-state index in [2.05, 4.69) is 5.32 Å². The maximum atomic E-state index is 12.0. The molecule has 3 aliphatic heterocycles. The van der Waals surface area contributed by atoms with Crippen molar-refractivity contribution in [3.63, 3.8) is 0 Å². The molecule has 92 valence electrons. The fourth-order valence-corrected chi connectivity index (χ4v) is 2.45. The average molecular weight is 226 g/mol. The van der Waals surface area contributed by atoms with Gasteiger partial charge in [0.2, 0.25) is 0 Å². The first-order valence-corrected chi connectivity index (χ1v) is 6.19. The molecular weight excluding hydrogens is 204 g/mol. The van der Waals surface area contributed by atoms with Crippen LogP contribution in [0.3, 0.4) is 0 Å². The van der Waals surface area contributed by atoms with E-state index in [4.69, 9.17) is 4.74 Å². The van der Waals surface area contributed by atoms with E-state index in [9.17, 15) is 4.79 Å². The number of ether oxygens (including phenoxy) is 1. The van der Waals surface area contributed by atoms with Gasteiger partial charge < -0.3 is 15.0 Å². The standard InChI is InChI=1S/C12H22N2O2/c1-12(2,3)16-11(15)14-7-6-9-4-5-10(14)8-13-9/h9-10,13H,4-8H2,1-3H3/t9-,10-/m1/s1. The van der Waals surface area contributed by atoms with Crippen LogP contribution in [-0.2, 0) is 4.74 Å². The lowest BCUT2D eigenvalue weighted by atomic mass is 10.0. The van der Waals surface area contributed by atoms with Crippen LogP contribution in [-0.4, -0.2) is 41.8 Å². The fourth-order valence-electron chi connectivity index (χ4n) is 2.45. The van der Waals surface area contributed by atoms with E-state index in [1.54, 1.807) is 0 Å². The second-order valence-corrected chi connectivity index (χ2v) is 5.80. The summed E-state index contributed by atoms with van der Waals surface area (Å²) in [5.41, 5.74) is -0.394. The monoisotopic (exact) mass is 226 g/mol. The Morgan fingerprint density at radius 1 is 1.31 bits per heavy atom. The average Bonchev–Trinajstić information content (AvgIpc) is 2.47. The Kier molecular flexibility index (Phi) is 3.10. The van der Waals surface area contributed by atoms with Crippen LogP contribution >= 0.6 is 0 Å². The molecule has 4 nitrogen and oxygen atoms in total. The molecule has 4 heteroatoms. The third-order valence-corrected chi connectivity index (χ3v) is 3.28. The minimum absolute atomic E-state index is 0.151. The Bertz CT molecular complexity index is 265. The molecule has 3 rings (SSSR count). The number of piperidine rings is 1. The molecule has 0 radical (unpaired) electrons. The predicted molar refractivity (Wildman–Crippen MR) is 62.4 cm³/mol. The van der Waals surface area contributed by atoms with Gasteiger partial charge >= 0.3 is 6.09 Å². The van der Waals surface area contributed by atoms with Gasteiger partial charge in [-0.15, -0.1) is 0 Å². The van der Waals surface area contributed by atoms with E-state index in [0.29, 0.717) is 12.1 Å². The maximum absolute atomic E-state index is 12.0. The van der Waals surface area contributed by atoms with Crippen LogP contribution in [0.2, 0.25) is 0 Å². The number of rotatable bonds is 0. The van der Waals surface area contributed by atoms with Crippen LogP contribution in [0.25, 0.3) is 0 Å². The van der Waals surface area contributed by atoms with Crippen LogP contribution < -0.4 is 5.32 Å². The van der Waals surface area contributed by atoms with Gasteiger partial charge in [0.05, 0.1) is 0 Å². The zero-order valence-corrected chi connectivity index (χ0v) is 10.5. The summed E-state index contributed by atoms with van der Waals surface area (Å²) in [5.74, 6) is 0. The van der Waals surface area contributed by atoms with Crippen molar-refractivity contribution in [3.8, 4) is 0 Å². The van der Waals surface area contributed by atoms with Gasteiger partial charge in [0.1, 0.15) is 5.60 Å². The molecule has 0 unspecified atom stereocenters. The van der Waals surface area contributed by atoms with E-state index < -0.39 is 5.60 Å². The number of carbonyl (C=O) groups is 1. The van der Waals surface area contributed by atoms with E-state index in [-0.39, 0.29) is 6.09 Å². The van der Waals surface area contributed by atoms with Crippen LogP contribution in [0, 0.1) is 0 Å². The molecule has 3 heterocycles. The summed E-state index contributed by atoms with van der Waals surface area (Å²) in [4.78, 5) is 13.9. The van der Waals surface area contributed by atoms with Crippen LogP contribution in [0.5, 0.6) is 0 Å². The first kappa shape index (κ1) is 11.7. The smallest absolute Gasteiger partial charge is 0.410 e. The predicted octanol–water partition coefficient (Wildman–Crippen LogP) is 1.75. The minimum atomic E-state index is -0.394. The molecule has 3 saturated heterocycles. The Labute approximate surface area is 97.3 Å². The van der Waals surface area contributed by atoms with Crippen molar-refractivity contribution in [2.45, 2.75) is 57.7 Å². The van der Waals surface area contributed by atoms with Gasteiger partial charge in [-0.2, -0.15) is 0 Å². The summed E-state index contributed by atoms with van der Waals surface area (Å²) in [6.45, 7) is 7.50. The SMILES string of the molecule is CC(C)(C)OC(=O)N1CC[C@H]2CC[C@@H]1CN2. The molecule has 0 aromatic rings. The van der Waals surface area contributed by atoms with Gasteiger partial charge in [-0.05, 0) is 40.0 Å². The molecule has 2 bridgehead atoms. The van der Waals surface area contributed by atoms with Crippen LogP contribution in [0.1, 0.15) is 40.0 Å². The van der Waals surface area contributed by atoms with E-state index in [0.717, 1.165) is 25.9 Å². The normalized spacial score (nSPS) is 30.1. The highest BCUT2D eigenvalue weighted by Crippen LogP contribution is 2.23. The number of carbonyl (C=O) groups excluding carboxylic acids is 1. The molecule has 0 saturated carbocycles. The first-order chi connectivity index (χ1) is 7.46. The summed E-state index contributed by atoms with van der Waals surface area (Å²) < 4.78 is 5.44. The lowest BCUT2D eigenvalue weighted by Crippen LogP contribution is -2.48. The fraction of sp³-hybridized carbons (Fsp3) is 0.917. The van der Waals surface area contributed by atoms with Crippen LogP contribution in [0.4, 0.5) is 4.79 Å². The third kappa shape index (κ3) is 2.67. The highest BCUT2D eigenvalue weighted by Gasteiger charge is 2.34. The second-order valence-electron chi connectivity index (χ2n) is 5.80. The topological polar surface area (TPSA) is 41.6 Å². The second kappa shape index (κ2) is 4.24. The van der Waals surface area contributed by atoms with Crippen molar-refractivity contribution in [1.29, 1.82) is 0 Å². The quantitative estimate of drug-likeness (QED) is 0.684. The Morgan fingerprint density at radius 3 is 2.62 bits per heavy atom. The Hall–Kier alpha value is -0.770. The molecule has 3 fully saturated rings. The lowest BCUT2D eigenvalue weighted by Gasteiger charge is -2.33. The summed E-state index contributed by atoms with van der Waals surface area (Å²) in [7, 11) is 0. The molecular formula is C12H22N2O2. The van der Waals surface area contributed by atoms with Crippen molar-refractivity contribution in [1.82, 2.24) is 10.2 Å². The van der Waals surface area contributed by atoms with Crippen molar-refractivity contribution >= 4 is 6.09 Å². The van der Waals surface area contributed by atoms with Crippen molar-refractivity contribution in [3.05, 3.63) is 0 Å². The van der Waals surface area contributed by atoms with Crippen LogP contribution in [0.15, 0.2) is 0 Å². The van der Waals surface area contributed by atoms with E-state index in [1.807, 2.05) is 25.7 Å². The lowest BCUT2D eigenvalue weighted by molar-refractivity contribution is 0.0173. The van der Waals surface area contributed by atoms with Gasteiger partial charge in [-0.25, -0.2) is 4.79 Å². The van der Waals surface area contributed by atoms with E-state index >= 15 is 0 Å². The number of nitrogens with one attached hydrogen (secondary N) is 1. The van der Waals surface area contributed by atoms with Crippen molar-refractivity contribution in [2.24, 2.45) is 0 Å². The molecule has 16 heavy (non-hydrogen) atoms. The largest absolute Gasteiger partial charge is 0.444 e. The zero-order valence-electron chi connectivity index (χ0n) is 10.5. The van der Waals surface area contributed by atoms with Gasteiger partial charge in [0.15, 0.2) is 0 Å². The van der Waals surface area contributed by atoms with Gasteiger partial charge in [0, 0.05) is 25.2 Å². The van der Waals surface area contributed by atoms with E-state index in [1.165, 1.54) is 6.42 Å². The van der Waals surface area contributed by atoms with Crippen molar-refractivity contribution < 1.29 is 9.53 Å². The summed E-state index contributed by atoms with van der Waals surface area (Å²) in [5, 5.41) is 3.48. The maximum Gasteiger partial charge on any atom is 0.410 e. The van der Waals surface area contributed by atoms with Crippen molar-refractivity contribution in [2.75, 3.05) is 13.1 Å². The summed E-state index contributed by atoms with van der Waals surface area (Å²) >= 11 is 0. The number of hydrogen-bond donors (Lipinski definition) is 1. The number of hydrogen-bond acceptors (Lipinski definition) is 3.